The Balaban J connectivity index is 1.76. The molecule has 0 bridgehead atoms. The van der Waals surface area contributed by atoms with Crippen molar-refractivity contribution in [1.82, 2.24) is 10.3 Å². The number of nitrogens with zero attached hydrogens (tertiary/aromatic N) is 1. The van der Waals surface area contributed by atoms with Crippen LogP contribution in [0.15, 0.2) is 24.3 Å². The lowest BCUT2D eigenvalue weighted by Gasteiger charge is -2.02. The van der Waals surface area contributed by atoms with Crippen molar-refractivity contribution in [3.05, 3.63) is 51.2 Å². The number of nitrogens with one attached hydrogen (secondary N) is 1. The van der Waals surface area contributed by atoms with Crippen molar-refractivity contribution in [2.75, 3.05) is 6.54 Å². The molecule has 3 rings (SSSR count). The normalized spacial score (nSPS) is 14.6. The van der Waals surface area contributed by atoms with Crippen LogP contribution in [0.4, 0.5) is 4.39 Å². The summed E-state index contributed by atoms with van der Waals surface area (Å²) >= 11 is 1.74. The molecule has 1 aromatic carbocycles. The van der Waals surface area contributed by atoms with Gasteiger partial charge in [-0.3, -0.25) is 0 Å². The fourth-order valence-corrected chi connectivity index (χ4v) is 3.62. The van der Waals surface area contributed by atoms with Gasteiger partial charge in [-0.15, -0.1) is 11.3 Å². The van der Waals surface area contributed by atoms with E-state index in [1.807, 2.05) is 12.1 Å². The average molecular weight is 304 g/mol. The molecule has 2 aromatic rings. The van der Waals surface area contributed by atoms with E-state index >= 15 is 0 Å². The summed E-state index contributed by atoms with van der Waals surface area (Å²) in [5.74, 6) is 0.514. The molecule has 21 heavy (non-hydrogen) atoms. The molecule has 0 amide bonds. The predicted molar refractivity (Wildman–Crippen MR) is 85.3 cm³/mol. The number of aromatic nitrogens is 1. The van der Waals surface area contributed by atoms with Gasteiger partial charge in [0.2, 0.25) is 0 Å². The first-order valence-corrected chi connectivity index (χ1v) is 8.52. The molecule has 0 unspecified atom stereocenters. The maximum absolute atomic E-state index is 13.8. The zero-order valence-corrected chi connectivity index (χ0v) is 13.2. The quantitative estimate of drug-likeness (QED) is 0.774. The fourth-order valence-electron chi connectivity index (χ4n) is 2.48. The Morgan fingerprint density at radius 2 is 2.14 bits per heavy atom. The van der Waals surface area contributed by atoms with Crippen molar-refractivity contribution < 1.29 is 4.39 Å². The summed E-state index contributed by atoms with van der Waals surface area (Å²) in [7, 11) is 0. The largest absolute Gasteiger partial charge is 0.312 e. The summed E-state index contributed by atoms with van der Waals surface area (Å²) in [6, 6.07) is 6.99. The zero-order valence-electron chi connectivity index (χ0n) is 12.4. The Morgan fingerprint density at radius 1 is 1.33 bits per heavy atom. The smallest absolute Gasteiger partial charge is 0.126 e. The van der Waals surface area contributed by atoms with Gasteiger partial charge in [0, 0.05) is 23.8 Å². The third-order valence-electron chi connectivity index (χ3n) is 3.75. The summed E-state index contributed by atoms with van der Waals surface area (Å²) in [6.45, 7) is 4.10. The molecule has 4 heteroatoms. The molecule has 112 valence electrons. The van der Waals surface area contributed by atoms with Gasteiger partial charge in [-0.1, -0.05) is 25.1 Å². The second-order valence-electron chi connectivity index (χ2n) is 5.64. The Bertz CT molecular complexity index is 605. The van der Waals surface area contributed by atoms with E-state index in [0.29, 0.717) is 12.3 Å². The van der Waals surface area contributed by atoms with Crippen LogP contribution >= 0.6 is 11.3 Å². The van der Waals surface area contributed by atoms with Crippen LogP contribution in [-0.4, -0.2) is 11.5 Å². The topological polar surface area (TPSA) is 24.9 Å². The summed E-state index contributed by atoms with van der Waals surface area (Å²) in [4.78, 5) is 6.14. The number of hydrogen-bond donors (Lipinski definition) is 1. The molecule has 1 fully saturated rings. The lowest BCUT2D eigenvalue weighted by molar-refractivity contribution is 0.613. The monoisotopic (exact) mass is 304 g/mol. The standard InChI is InChI=1S/C17H21FN2S/c1-2-9-19-11-15-17(12-7-8-12)20-16(21-15)10-13-5-3-4-6-14(13)18/h3-6,12,19H,2,7-11H2,1H3. The van der Waals surface area contributed by atoms with Gasteiger partial charge >= 0.3 is 0 Å². The highest BCUT2D eigenvalue weighted by Crippen LogP contribution is 2.42. The number of rotatable bonds is 7. The fraction of sp³-hybridized carbons (Fsp3) is 0.471. The third kappa shape index (κ3) is 3.69. The van der Waals surface area contributed by atoms with Gasteiger partial charge in [0.15, 0.2) is 0 Å². The van der Waals surface area contributed by atoms with E-state index in [2.05, 4.69) is 12.2 Å². The second-order valence-corrected chi connectivity index (χ2v) is 6.80. The summed E-state index contributed by atoms with van der Waals surface area (Å²) in [5.41, 5.74) is 2.00. The molecule has 0 radical (unpaired) electrons. The molecule has 0 aliphatic heterocycles. The number of benzene rings is 1. The molecule has 0 saturated heterocycles. The minimum Gasteiger partial charge on any atom is -0.312 e. The van der Waals surface area contributed by atoms with E-state index in [4.69, 9.17) is 4.98 Å². The molecule has 1 aromatic heterocycles. The van der Waals surface area contributed by atoms with Crippen LogP contribution < -0.4 is 5.32 Å². The third-order valence-corrected chi connectivity index (χ3v) is 4.82. The van der Waals surface area contributed by atoms with E-state index in [0.717, 1.165) is 30.1 Å². The Kier molecular flexibility index (Phi) is 4.66. The Morgan fingerprint density at radius 3 is 2.86 bits per heavy atom. The zero-order chi connectivity index (χ0) is 14.7. The van der Waals surface area contributed by atoms with E-state index in [1.54, 1.807) is 17.4 Å². The van der Waals surface area contributed by atoms with Crippen LogP contribution in [0.25, 0.3) is 0 Å². The van der Waals surface area contributed by atoms with Crippen molar-refractivity contribution in [2.24, 2.45) is 0 Å². The molecule has 0 spiro atoms. The minimum absolute atomic E-state index is 0.133. The summed E-state index contributed by atoms with van der Waals surface area (Å²) in [5, 5.41) is 4.50. The van der Waals surface area contributed by atoms with Crippen LogP contribution in [-0.2, 0) is 13.0 Å². The predicted octanol–water partition coefficient (Wildman–Crippen LogP) is 4.25. The molecule has 1 aliphatic carbocycles. The lowest BCUT2D eigenvalue weighted by atomic mass is 10.1. The molecule has 1 N–H and O–H groups in total. The van der Waals surface area contributed by atoms with Gasteiger partial charge in [-0.2, -0.15) is 0 Å². The molecule has 0 atom stereocenters. The first-order valence-electron chi connectivity index (χ1n) is 7.70. The van der Waals surface area contributed by atoms with E-state index in [-0.39, 0.29) is 5.82 Å². The second kappa shape index (κ2) is 6.67. The molecule has 1 saturated carbocycles. The molecule has 1 heterocycles. The average Bonchev–Trinajstić information content (AvgIpc) is 3.25. The van der Waals surface area contributed by atoms with Crippen LogP contribution in [0.5, 0.6) is 0 Å². The van der Waals surface area contributed by atoms with Crippen molar-refractivity contribution in [3.63, 3.8) is 0 Å². The van der Waals surface area contributed by atoms with Gasteiger partial charge in [0.1, 0.15) is 5.82 Å². The Labute approximate surface area is 129 Å². The summed E-state index contributed by atoms with van der Waals surface area (Å²) < 4.78 is 13.8. The molecular weight excluding hydrogens is 283 g/mol. The van der Waals surface area contributed by atoms with Gasteiger partial charge in [0.25, 0.3) is 0 Å². The van der Waals surface area contributed by atoms with Gasteiger partial charge in [-0.25, -0.2) is 9.37 Å². The SMILES string of the molecule is CCCNCc1sc(Cc2ccccc2F)nc1C1CC1. The highest BCUT2D eigenvalue weighted by atomic mass is 32.1. The van der Waals surface area contributed by atoms with E-state index in [1.165, 1.54) is 29.5 Å². The molecule has 2 nitrogen and oxygen atoms in total. The van der Waals surface area contributed by atoms with Crippen LogP contribution in [0.1, 0.15) is 53.2 Å². The highest BCUT2D eigenvalue weighted by molar-refractivity contribution is 7.11. The lowest BCUT2D eigenvalue weighted by Crippen LogP contribution is -2.13. The van der Waals surface area contributed by atoms with E-state index < -0.39 is 0 Å². The molecular formula is C17H21FN2S. The van der Waals surface area contributed by atoms with Gasteiger partial charge in [-0.05, 0) is 37.4 Å². The maximum atomic E-state index is 13.8. The van der Waals surface area contributed by atoms with Crippen molar-refractivity contribution >= 4 is 11.3 Å². The van der Waals surface area contributed by atoms with Gasteiger partial charge in [0.05, 0.1) is 10.7 Å². The van der Waals surface area contributed by atoms with Gasteiger partial charge < -0.3 is 5.32 Å². The van der Waals surface area contributed by atoms with Crippen molar-refractivity contribution in [3.8, 4) is 0 Å². The Hall–Kier alpha value is -1.26. The number of hydrogen-bond acceptors (Lipinski definition) is 3. The minimum atomic E-state index is -0.133. The number of thiazole rings is 1. The van der Waals surface area contributed by atoms with E-state index in [9.17, 15) is 4.39 Å². The van der Waals surface area contributed by atoms with Crippen LogP contribution in [0.2, 0.25) is 0 Å². The highest BCUT2D eigenvalue weighted by Gasteiger charge is 2.29. The maximum Gasteiger partial charge on any atom is 0.126 e. The van der Waals surface area contributed by atoms with Crippen molar-refractivity contribution in [1.29, 1.82) is 0 Å². The van der Waals surface area contributed by atoms with Crippen LogP contribution in [0.3, 0.4) is 0 Å². The first kappa shape index (κ1) is 14.7. The van der Waals surface area contributed by atoms with Crippen molar-refractivity contribution in [2.45, 2.75) is 45.1 Å². The molecule has 1 aliphatic rings. The summed E-state index contributed by atoms with van der Waals surface area (Å²) in [6.07, 6.45) is 4.25. The first-order chi connectivity index (χ1) is 10.3. The van der Waals surface area contributed by atoms with Crippen LogP contribution in [0, 0.1) is 5.82 Å². The number of halogens is 1.